The molecular weight excluding hydrogens is 182 g/mol. The van der Waals surface area contributed by atoms with E-state index in [1.54, 1.807) is 0 Å². The molecule has 2 atom stereocenters. The maximum Gasteiger partial charge on any atom is 0.220 e. The molecule has 1 N–H and O–H groups in total. The minimum absolute atomic E-state index is 0.133. The third-order valence-electron chi connectivity index (χ3n) is 2.26. The van der Waals surface area contributed by atoms with E-state index in [1.807, 2.05) is 13.8 Å². The molecule has 82 valence electrons. The Labute approximate surface area is 85.0 Å². The van der Waals surface area contributed by atoms with Gasteiger partial charge >= 0.3 is 0 Å². The van der Waals surface area contributed by atoms with Gasteiger partial charge in [-0.1, -0.05) is 0 Å². The highest BCUT2D eigenvalue weighted by atomic mass is 16.7. The minimum atomic E-state index is -0.182. The summed E-state index contributed by atoms with van der Waals surface area (Å²) in [6.45, 7) is 5.00. The molecule has 1 aliphatic heterocycles. The fourth-order valence-corrected chi connectivity index (χ4v) is 1.54. The van der Waals surface area contributed by atoms with Crippen LogP contribution >= 0.6 is 0 Å². The van der Waals surface area contributed by atoms with E-state index in [1.165, 1.54) is 0 Å². The molecule has 0 aromatic carbocycles. The van der Waals surface area contributed by atoms with E-state index in [2.05, 4.69) is 5.32 Å². The van der Waals surface area contributed by atoms with Crippen molar-refractivity contribution in [1.82, 2.24) is 5.32 Å². The predicted molar refractivity (Wildman–Crippen MR) is 52.8 cm³/mol. The number of ether oxygens (including phenoxy) is 2. The molecule has 1 fully saturated rings. The maximum absolute atomic E-state index is 11.0. The Bertz CT molecular complexity index is 184. The SMILES string of the molecule is CCOC(C)OCC1CCCC(=O)N1. The summed E-state index contributed by atoms with van der Waals surface area (Å²) in [7, 11) is 0. The zero-order valence-corrected chi connectivity index (χ0v) is 8.91. The number of nitrogens with one attached hydrogen (secondary N) is 1. The first kappa shape index (κ1) is 11.5. The largest absolute Gasteiger partial charge is 0.353 e. The average molecular weight is 201 g/mol. The molecule has 1 saturated heterocycles. The molecule has 4 nitrogen and oxygen atoms in total. The van der Waals surface area contributed by atoms with E-state index in [0.29, 0.717) is 19.6 Å². The normalized spacial score (nSPS) is 24.4. The summed E-state index contributed by atoms with van der Waals surface area (Å²) in [6, 6.07) is 0.166. The molecule has 0 spiro atoms. The summed E-state index contributed by atoms with van der Waals surface area (Å²) < 4.78 is 10.7. The van der Waals surface area contributed by atoms with Gasteiger partial charge in [-0.25, -0.2) is 0 Å². The Morgan fingerprint density at radius 2 is 2.36 bits per heavy atom. The summed E-state index contributed by atoms with van der Waals surface area (Å²) in [4.78, 5) is 11.0. The Kier molecular flexibility index (Phi) is 4.90. The van der Waals surface area contributed by atoms with Crippen LogP contribution in [0.4, 0.5) is 0 Å². The predicted octanol–water partition coefficient (Wildman–Crippen LogP) is 1.05. The van der Waals surface area contributed by atoms with Gasteiger partial charge < -0.3 is 14.8 Å². The van der Waals surface area contributed by atoms with Crippen molar-refractivity contribution in [2.45, 2.75) is 45.4 Å². The Balaban J connectivity index is 2.13. The van der Waals surface area contributed by atoms with Crippen LogP contribution in [0.15, 0.2) is 0 Å². The van der Waals surface area contributed by atoms with Gasteiger partial charge in [0.25, 0.3) is 0 Å². The third-order valence-corrected chi connectivity index (χ3v) is 2.26. The zero-order valence-electron chi connectivity index (χ0n) is 8.91. The molecule has 0 bridgehead atoms. The molecule has 1 aliphatic rings. The lowest BCUT2D eigenvalue weighted by Gasteiger charge is -2.24. The first-order valence-electron chi connectivity index (χ1n) is 5.25. The first-order valence-corrected chi connectivity index (χ1v) is 5.25. The number of piperidine rings is 1. The lowest BCUT2D eigenvalue weighted by atomic mass is 10.1. The zero-order chi connectivity index (χ0) is 10.4. The van der Waals surface area contributed by atoms with Gasteiger partial charge in [0.05, 0.1) is 12.6 Å². The Morgan fingerprint density at radius 3 is 3.00 bits per heavy atom. The van der Waals surface area contributed by atoms with Crippen LogP contribution in [0.25, 0.3) is 0 Å². The van der Waals surface area contributed by atoms with E-state index in [-0.39, 0.29) is 18.2 Å². The molecule has 1 heterocycles. The number of carbonyl (C=O) groups is 1. The Morgan fingerprint density at radius 1 is 1.57 bits per heavy atom. The quantitative estimate of drug-likeness (QED) is 0.676. The van der Waals surface area contributed by atoms with Crippen LogP contribution in [0.5, 0.6) is 0 Å². The number of amides is 1. The molecule has 2 unspecified atom stereocenters. The topological polar surface area (TPSA) is 47.6 Å². The summed E-state index contributed by atoms with van der Waals surface area (Å²) >= 11 is 0. The monoisotopic (exact) mass is 201 g/mol. The van der Waals surface area contributed by atoms with Gasteiger partial charge in [-0.2, -0.15) is 0 Å². The fraction of sp³-hybridized carbons (Fsp3) is 0.900. The van der Waals surface area contributed by atoms with Crippen LogP contribution in [0.3, 0.4) is 0 Å². The molecule has 0 aliphatic carbocycles. The van der Waals surface area contributed by atoms with Crippen LogP contribution in [-0.4, -0.2) is 31.5 Å². The Hall–Kier alpha value is -0.610. The van der Waals surface area contributed by atoms with E-state index < -0.39 is 0 Å². The standard InChI is InChI=1S/C10H19NO3/c1-3-13-8(2)14-7-9-5-4-6-10(12)11-9/h8-9H,3-7H2,1-2H3,(H,11,12). The number of rotatable bonds is 5. The van der Waals surface area contributed by atoms with Crippen molar-refractivity contribution in [3.63, 3.8) is 0 Å². The molecule has 1 amide bonds. The van der Waals surface area contributed by atoms with Crippen LogP contribution in [0.1, 0.15) is 33.1 Å². The van der Waals surface area contributed by atoms with Gasteiger partial charge in [0.15, 0.2) is 6.29 Å². The fourth-order valence-electron chi connectivity index (χ4n) is 1.54. The van der Waals surface area contributed by atoms with Crippen molar-refractivity contribution < 1.29 is 14.3 Å². The van der Waals surface area contributed by atoms with Gasteiger partial charge in [-0.05, 0) is 26.7 Å². The molecule has 0 saturated carbocycles. The van der Waals surface area contributed by atoms with Crippen LogP contribution in [-0.2, 0) is 14.3 Å². The average Bonchev–Trinajstić information content (AvgIpc) is 2.15. The summed E-state index contributed by atoms with van der Waals surface area (Å²) in [5.41, 5.74) is 0. The van der Waals surface area contributed by atoms with Gasteiger partial charge in [0, 0.05) is 13.0 Å². The minimum Gasteiger partial charge on any atom is -0.353 e. The van der Waals surface area contributed by atoms with Crippen LogP contribution in [0, 0.1) is 0 Å². The lowest BCUT2D eigenvalue weighted by Crippen LogP contribution is -2.42. The molecule has 0 aromatic heterocycles. The number of hydrogen-bond acceptors (Lipinski definition) is 3. The van der Waals surface area contributed by atoms with Crippen molar-refractivity contribution in [3.05, 3.63) is 0 Å². The van der Waals surface area contributed by atoms with E-state index in [4.69, 9.17) is 9.47 Å². The van der Waals surface area contributed by atoms with E-state index in [0.717, 1.165) is 12.8 Å². The second kappa shape index (κ2) is 5.98. The summed E-state index contributed by atoms with van der Waals surface area (Å²) in [5.74, 6) is 0.133. The summed E-state index contributed by atoms with van der Waals surface area (Å²) in [5, 5.41) is 2.89. The van der Waals surface area contributed by atoms with E-state index >= 15 is 0 Å². The van der Waals surface area contributed by atoms with Gasteiger partial charge in [-0.3, -0.25) is 4.79 Å². The maximum atomic E-state index is 11.0. The third kappa shape index (κ3) is 4.07. The smallest absolute Gasteiger partial charge is 0.220 e. The van der Waals surface area contributed by atoms with Crippen molar-refractivity contribution >= 4 is 5.91 Å². The van der Waals surface area contributed by atoms with Gasteiger partial charge in [0.1, 0.15) is 0 Å². The molecular formula is C10H19NO3. The molecule has 0 aromatic rings. The van der Waals surface area contributed by atoms with Gasteiger partial charge in [0.2, 0.25) is 5.91 Å². The van der Waals surface area contributed by atoms with Gasteiger partial charge in [-0.15, -0.1) is 0 Å². The lowest BCUT2D eigenvalue weighted by molar-refractivity contribution is -0.138. The van der Waals surface area contributed by atoms with Crippen molar-refractivity contribution in [2.24, 2.45) is 0 Å². The van der Waals surface area contributed by atoms with Crippen molar-refractivity contribution in [2.75, 3.05) is 13.2 Å². The highest BCUT2D eigenvalue weighted by Gasteiger charge is 2.18. The molecule has 0 radical (unpaired) electrons. The van der Waals surface area contributed by atoms with Crippen LogP contribution < -0.4 is 5.32 Å². The van der Waals surface area contributed by atoms with Crippen LogP contribution in [0.2, 0.25) is 0 Å². The van der Waals surface area contributed by atoms with Crippen molar-refractivity contribution in [1.29, 1.82) is 0 Å². The molecule has 4 heteroatoms. The van der Waals surface area contributed by atoms with Crippen molar-refractivity contribution in [3.8, 4) is 0 Å². The second-order valence-corrected chi connectivity index (χ2v) is 3.51. The number of carbonyl (C=O) groups excluding carboxylic acids is 1. The molecule has 1 rings (SSSR count). The first-order chi connectivity index (χ1) is 6.72. The highest BCUT2D eigenvalue weighted by Crippen LogP contribution is 2.09. The highest BCUT2D eigenvalue weighted by molar-refractivity contribution is 5.76. The second-order valence-electron chi connectivity index (χ2n) is 3.51. The van der Waals surface area contributed by atoms with E-state index in [9.17, 15) is 4.79 Å². The summed E-state index contributed by atoms with van der Waals surface area (Å²) in [6.07, 6.45) is 2.43. The number of hydrogen-bond donors (Lipinski definition) is 1. The molecule has 14 heavy (non-hydrogen) atoms.